The number of benzene rings is 2. The third-order valence-electron chi connectivity index (χ3n) is 4.47. The van der Waals surface area contributed by atoms with E-state index in [0.717, 1.165) is 29.5 Å². The Hall–Kier alpha value is -1.23. The second-order valence-electron chi connectivity index (χ2n) is 6.88. The molecule has 2 rings (SSSR count). The molecule has 0 bridgehead atoms. The summed E-state index contributed by atoms with van der Waals surface area (Å²) in [6, 6.07) is 11.0. The molecule has 0 amide bonds. The van der Waals surface area contributed by atoms with Gasteiger partial charge in [0.15, 0.2) is 0 Å². The summed E-state index contributed by atoms with van der Waals surface area (Å²) in [5.41, 5.74) is 3.18. The zero-order valence-electron chi connectivity index (χ0n) is 15.9. The van der Waals surface area contributed by atoms with Crippen LogP contribution in [-0.2, 0) is 10.0 Å². The van der Waals surface area contributed by atoms with Crippen molar-refractivity contribution in [3.63, 3.8) is 0 Å². The van der Waals surface area contributed by atoms with Crippen LogP contribution in [0.15, 0.2) is 36.4 Å². The number of anilines is 1. The molecule has 27 heavy (non-hydrogen) atoms. The van der Waals surface area contributed by atoms with E-state index >= 15 is 0 Å². The van der Waals surface area contributed by atoms with Gasteiger partial charge in [-0.1, -0.05) is 74.4 Å². The fourth-order valence-electron chi connectivity index (χ4n) is 2.92. The summed E-state index contributed by atoms with van der Waals surface area (Å²) >= 11 is 12.2. The molecule has 0 aliphatic carbocycles. The van der Waals surface area contributed by atoms with Gasteiger partial charge in [0, 0.05) is 10.0 Å². The second-order valence-corrected chi connectivity index (χ2v) is 9.59. The number of rotatable bonds is 10. The summed E-state index contributed by atoms with van der Waals surface area (Å²) in [5, 5.41) is 1.09. The number of hydrogen-bond donors (Lipinski definition) is 1. The van der Waals surface area contributed by atoms with Crippen LogP contribution in [0.3, 0.4) is 0 Å². The fourth-order valence-corrected chi connectivity index (χ4v) is 4.69. The number of sulfonamides is 1. The minimum atomic E-state index is -3.37. The predicted octanol–water partition coefficient (Wildman–Crippen LogP) is 7.07. The Morgan fingerprint density at radius 3 is 2.15 bits per heavy atom. The fraction of sp³-hybridized carbons (Fsp3) is 0.429. The summed E-state index contributed by atoms with van der Waals surface area (Å²) < 4.78 is 27.6. The lowest BCUT2D eigenvalue weighted by Crippen LogP contribution is -2.17. The molecule has 1 N–H and O–H groups in total. The first kappa shape index (κ1) is 22.1. The quantitative estimate of drug-likeness (QED) is 0.411. The lowest BCUT2D eigenvalue weighted by molar-refractivity contribution is 0.588. The van der Waals surface area contributed by atoms with E-state index < -0.39 is 10.0 Å². The molecule has 6 heteroatoms. The Bertz CT molecular complexity index is 846. The zero-order valence-corrected chi connectivity index (χ0v) is 18.2. The van der Waals surface area contributed by atoms with E-state index in [1.165, 1.54) is 19.3 Å². The van der Waals surface area contributed by atoms with Crippen molar-refractivity contribution in [2.75, 3.05) is 10.5 Å². The van der Waals surface area contributed by atoms with E-state index in [9.17, 15) is 8.42 Å². The maximum Gasteiger partial charge on any atom is 0.232 e. The van der Waals surface area contributed by atoms with Gasteiger partial charge in [-0.15, -0.1) is 0 Å². The minimum absolute atomic E-state index is 0.145. The van der Waals surface area contributed by atoms with Crippen LogP contribution in [0.4, 0.5) is 5.69 Å². The van der Waals surface area contributed by atoms with Crippen molar-refractivity contribution >= 4 is 38.9 Å². The van der Waals surface area contributed by atoms with E-state index in [1.54, 1.807) is 6.07 Å². The Kier molecular flexibility index (Phi) is 8.46. The minimum Gasteiger partial charge on any atom is -0.283 e. The first-order chi connectivity index (χ1) is 12.8. The largest absolute Gasteiger partial charge is 0.283 e. The van der Waals surface area contributed by atoms with Crippen LogP contribution in [0.1, 0.15) is 51.0 Å². The van der Waals surface area contributed by atoms with Gasteiger partial charge in [0.25, 0.3) is 0 Å². The molecule has 0 spiro atoms. The first-order valence-corrected chi connectivity index (χ1v) is 11.8. The van der Waals surface area contributed by atoms with Gasteiger partial charge >= 0.3 is 0 Å². The molecular weight excluding hydrogens is 401 g/mol. The standard InChI is InChI=1S/C21H27Cl2NO2S/c1-3-4-5-6-7-8-11-27(25,26)24-21-14-17(10-9-16(21)2)18-12-19(22)15-20(23)13-18/h9-10,12-15,24H,3-8,11H2,1-2H3. The van der Waals surface area contributed by atoms with Crippen LogP contribution in [0.25, 0.3) is 11.1 Å². The zero-order chi connectivity index (χ0) is 19.9. The molecular formula is C21H27Cl2NO2S. The molecule has 0 saturated carbocycles. The number of halogens is 2. The lowest BCUT2D eigenvalue weighted by atomic mass is 10.0. The van der Waals surface area contributed by atoms with Crippen LogP contribution < -0.4 is 4.72 Å². The second kappa shape index (κ2) is 10.4. The summed E-state index contributed by atoms with van der Waals surface area (Å²) in [6.45, 7) is 4.06. The smallest absolute Gasteiger partial charge is 0.232 e. The molecule has 0 aliphatic heterocycles. The van der Waals surface area contributed by atoms with Crippen LogP contribution in [0.2, 0.25) is 10.0 Å². The summed E-state index contributed by atoms with van der Waals surface area (Å²) in [4.78, 5) is 0. The third kappa shape index (κ3) is 7.36. The lowest BCUT2D eigenvalue weighted by Gasteiger charge is -2.13. The van der Waals surface area contributed by atoms with Crippen LogP contribution in [0, 0.1) is 6.92 Å². The normalized spacial score (nSPS) is 11.6. The van der Waals surface area contributed by atoms with Crippen molar-refractivity contribution in [3.05, 3.63) is 52.0 Å². The van der Waals surface area contributed by atoms with Gasteiger partial charge < -0.3 is 0 Å². The number of nitrogens with one attached hydrogen (secondary N) is 1. The number of unbranched alkanes of at least 4 members (excludes halogenated alkanes) is 5. The van der Waals surface area contributed by atoms with Gasteiger partial charge in [-0.3, -0.25) is 4.72 Å². The van der Waals surface area contributed by atoms with Crippen molar-refractivity contribution in [3.8, 4) is 11.1 Å². The summed E-state index contributed by atoms with van der Waals surface area (Å²) in [7, 11) is -3.37. The van der Waals surface area contributed by atoms with Crippen molar-refractivity contribution in [1.82, 2.24) is 0 Å². The van der Waals surface area contributed by atoms with Crippen LogP contribution in [-0.4, -0.2) is 14.2 Å². The highest BCUT2D eigenvalue weighted by atomic mass is 35.5. The molecule has 0 fully saturated rings. The Labute approximate surface area is 173 Å². The molecule has 0 aliphatic rings. The molecule has 0 radical (unpaired) electrons. The first-order valence-electron chi connectivity index (χ1n) is 9.38. The average Bonchev–Trinajstić information content (AvgIpc) is 2.59. The van der Waals surface area contributed by atoms with Crippen molar-refractivity contribution in [2.45, 2.75) is 52.4 Å². The summed E-state index contributed by atoms with van der Waals surface area (Å²) in [6.07, 6.45) is 6.29. The highest BCUT2D eigenvalue weighted by molar-refractivity contribution is 7.92. The van der Waals surface area contributed by atoms with Crippen LogP contribution in [0.5, 0.6) is 0 Å². The Morgan fingerprint density at radius 1 is 0.852 bits per heavy atom. The molecule has 0 heterocycles. The molecule has 2 aromatic carbocycles. The van der Waals surface area contributed by atoms with E-state index in [-0.39, 0.29) is 5.75 Å². The summed E-state index contributed by atoms with van der Waals surface area (Å²) in [5.74, 6) is 0.145. The molecule has 0 saturated heterocycles. The molecule has 0 unspecified atom stereocenters. The monoisotopic (exact) mass is 427 g/mol. The topological polar surface area (TPSA) is 46.2 Å². The Balaban J connectivity index is 2.07. The SMILES string of the molecule is CCCCCCCCS(=O)(=O)Nc1cc(-c2cc(Cl)cc(Cl)c2)ccc1C. The molecule has 0 atom stereocenters. The third-order valence-corrected chi connectivity index (χ3v) is 6.26. The molecule has 0 aromatic heterocycles. The van der Waals surface area contributed by atoms with Crippen LogP contribution >= 0.6 is 23.2 Å². The van der Waals surface area contributed by atoms with Crippen molar-refractivity contribution in [1.29, 1.82) is 0 Å². The maximum atomic E-state index is 12.4. The number of hydrogen-bond acceptors (Lipinski definition) is 2. The predicted molar refractivity (Wildman–Crippen MR) is 117 cm³/mol. The van der Waals surface area contributed by atoms with Gasteiger partial charge in [-0.2, -0.15) is 0 Å². The van der Waals surface area contributed by atoms with Gasteiger partial charge in [0.05, 0.1) is 11.4 Å². The van der Waals surface area contributed by atoms with Gasteiger partial charge in [-0.05, 0) is 54.3 Å². The molecule has 148 valence electrons. The Morgan fingerprint density at radius 2 is 1.48 bits per heavy atom. The van der Waals surface area contributed by atoms with Gasteiger partial charge in [-0.25, -0.2) is 8.42 Å². The van der Waals surface area contributed by atoms with Gasteiger partial charge in [0.1, 0.15) is 0 Å². The van der Waals surface area contributed by atoms with E-state index in [2.05, 4.69) is 11.6 Å². The molecule has 2 aromatic rings. The van der Waals surface area contributed by atoms with Gasteiger partial charge in [0.2, 0.25) is 10.0 Å². The average molecular weight is 428 g/mol. The molecule has 3 nitrogen and oxygen atoms in total. The maximum absolute atomic E-state index is 12.4. The van der Waals surface area contributed by atoms with E-state index in [4.69, 9.17) is 23.2 Å². The van der Waals surface area contributed by atoms with E-state index in [0.29, 0.717) is 22.2 Å². The highest BCUT2D eigenvalue weighted by Crippen LogP contribution is 2.30. The number of aryl methyl sites for hydroxylation is 1. The van der Waals surface area contributed by atoms with Crippen molar-refractivity contribution < 1.29 is 8.42 Å². The van der Waals surface area contributed by atoms with Crippen molar-refractivity contribution in [2.24, 2.45) is 0 Å². The highest BCUT2D eigenvalue weighted by Gasteiger charge is 2.13. The van der Waals surface area contributed by atoms with E-state index in [1.807, 2.05) is 37.3 Å².